The third kappa shape index (κ3) is 3.85. The first-order chi connectivity index (χ1) is 12.3. The zero-order chi connectivity index (χ0) is 18.8. The molecule has 3 aromatic heterocycles. The third-order valence-corrected chi connectivity index (χ3v) is 5.32. The lowest BCUT2D eigenvalue weighted by Crippen LogP contribution is -2.31. The predicted octanol–water partition coefficient (Wildman–Crippen LogP) is 2.83. The molecule has 1 amide bonds. The fraction of sp³-hybridized carbons (Fsp3) is 0.444. The number of nitrogens with zero attached hydrogens (tertiary/aromatic N) is 4. The van der Waals surface area contributed by atoms with Crippen LogP contribution in [0, 0.1) is 19.8 Å². The van der Waals surface area contributed by atoms with Gasteiger partial charge in [-0.25, -0.2) is 4.98 Å². The van der Waals surface area contributed by atoms with Crippen molar-refractivity contribution in [3.8, 4) is 0 Å². The van der Waals surface area contributed by atoms with Crippen LogP contribution in [-0.4, -0.2) is 25.5 Å². The van der Waals surface area contributed by atoms with E-state index in [-0.39, 0.29) is 24.3 Å². The van der Waals surface area contributed by atoms with Crippen LogP contribution in [-0.2, 0) is 11.2 Å². The number of hydrogen-bond donors (Lipinski definition) is 2. The van der Waals surface area contributed by atoms with E-state index in [1.165, 1.54) is 4.88 Å². The number of aryl methyl sites for hydroxylation is 2. The van der Waals surface area contributed by atoms with Crippen LogP contribution in [0.25, 0.3) is 5.78 Å². The maximum absolute atomic E-state index is 12.7. The van der Waals surface area contributed by atoms with E-state index in [0.717, 1.165) is 23.4 Å². The van der Waals surface area contributed by atoms with Gasteiger partial charge in [-0.05, 0) is 37.6 Å². The number of nitrogens with two attached hydrogens (primary N) is 1. The second-order valence-corrected chi connectivity index (χ2v) is 7.86. The average molecular weight is 372 g/mol. The second-order valence-electron chi connectivity index (χ2n) is 6.88. The SMILES string of the molecule is Cc1nc2nc(N)nn2c(C)c1CC(=O)N[C@@H](CC(C)C)c1cccs1. The summed E-state index contributed by atoms with van der Waals surface area (Å²) in [5.74, 6) is 1.10. The highest BCUT2D eigenvalue weighted by Crippen LogP contribution is 2.25. The highest BCUT2D eigenvalue weighted by atomic mass is 32.1. The molecule has 26 heavy (non-hydrogen) atoms. The second kappa shape index (κ2) is 7.41. The Kier molecular flexibility index (Phi) is 5.22. The molecular formula is C18H24N6OS. The number of anilines is 1. The van der Waals surface area contributed by atoms with Gasteiger partial charge in [-0.3, -0.25) is 4.79 Å². The first-order valence-electron chi connectivity index (χ1n) is 8.66. The summed E-state index contributed by atoms with van der Waals surface area (Å²) in [5.41, 5.74) is 8.13. The molecule has 1 atom stereocenters. The van der Waals surface area contributed by atoms with Crippen LogP contribution >= 0.6 is 11.3 Å². The maximum Gasteiger partial charge on any atom is 0.254 e. The number of carbonyl (C=O) groups excluding carboxylic acids is 1. The van der Waals surface area contributed by atoms with Crippen LogP contribution in [0.1, 0.15) is 48.1 Å². The molecule has 0 radical (unpaired) electrons. The number of nitrogen functional groups attached to an aromatic ring is 1. The van der Waals surface area contributed by atoms with Crippen molar-refractivity contribution in [1.82, 2.24) is 24.9 Å². The van der Waals surface area contributed by atoms with Gasteiger partial charge in [0.05, 0.1) is 12.5 Å². The van der Waals surface area contributed by atoms with Crippen molar-refractivity contribution < 1.29 is 4.79 Å². The Bertz CT molecular complexity index is 916. The first kappa shape index (κ1) is 18.3. The van der Waals surface area contributed by atoms with Gasteiger partial charge in [0.2, 0.25) is 11.9 Å². The Labute approximate surface area is 156 Å². The largest absolute Gasteiger partial charge is 0.366 e. The van der Waals surface area contributed by atoms with Crippen LogP contribution in [0.5, 0.6) is 0 Å². The lowest BCUT2D eigenvalue weighted by Gasteiger charge is -2.20. The molecule has 8 heteroatoms. The number of fused-ring (bicyclic) bond motifs is 1. The van der Waals surface area contributed by atoms with E-state index in [4.69, 9.17) is 5.73 Å². The quantitative estimate of drug-likeness (QED) is 0.693. The van der Waals surface area contributed by atoms with Crippen molar-refractivity contribution in [3.63, 3.8) is 0 Å². The van der Waals surface area contributed by atoms with E-state index in [1.807, 2.05) is 25.3 Å². The highest BCUT2D eigenvalue weighted by Gasteiger charge is 2.20. The molecule has 3 heterocycles. The minimum Gasteiger partial charge on any atom is -0.366 e. The molecule has 138 valence electrons. The molecule has 0 fully saturated rings. The molecule has 0 aliphatic rings. The molecule has 0 spiro atoms. The molecule has 7 nitrogen and oxygen atoms in total. The van der Waals surface area contributed by atoms with Crippen molar-refractivity contribution in [2.24, 2.45) is 5.92 Å². The van der Waals surface area contributed by atoms with E-state index in [9.17, 15) is 4.79 Å². The van der Waals surface area contributed by atoms with Crippen molar-refractivity contribution in [2.75, 3.05) is 5.73 Å². The van der Waals surface area contributed by atoms with E-state index >= 15 is 0 Å². The van der Waals surface area contributed by atoms with Crippen LogP contribution in [0.15, 0.2) is 17.5 Å². The smallest absolute Gasteiger partial charge is 0.254 e. The van der Waals surface area contributed by atoms with Crippen molar-refractivity contribution >= 4 is 29.0 Å². The van der Waals surface area contributed by atoms with Gasteiger partial charge in [0.25, 0.3) is 5.78 Å². The monoisotopic (exact) mass is 372 g/mol. The Morgan fingerprint density at radius 1 is 1.35 bits per heavy atom. The number of rotatable bonds is 6. The van der Waals surface area contributed by atoms with Crippen LogP contribution in [0.4, 0.5) is 5.95 Å². The Morgan fingerprint density at radius 3 is 2.77 bits per heavy atom. The molecule has 3 aromatic rings. The molecule has 0 saturated heterocycles. The van der Waals surface area contributed by atoms with Gasteiger partial charge in [0, 0.05) is 21.8 Å². The van der Waals surface area contributed by atoms with Crippen LogP contribution < -0.4 is 11.1 Å². The lowest BCUT2D eigenvalue weighted by molar-refractivity contribution is -0.121. The molecule has 3 rings (SSSR count). The number of nitrogens with one attached hydrogen (secondary N) is 1. The fourth-order valence-electron chi connectivity index (χ4n) is 3.09. The predicted molar refractivity (Wildman–Crippen MR) is 103 cm³/mol. The Balaban J connectivity index is 1.81. The van der Waals surface area contributed by atoms with Crippen molar-refractivity contribution in [1.29, 1.82) is 0 Å². The molecule has 0 bridgehead atoms. The maximum atomic E-state index is 12.7. The Hall–Kier alpha value is -2.48. The van der Waals surface area contributed by atoms with Gasteiger partial charge in [0.15, 0.2) is 0 Å². The van der Waals surface area contributed by atoms with E-state index < -0.39 is 0 Å². The normalized spacial score (nSPS) is 12.7. The van der Waals surface area contributed by atoms with Gasteiger partial charge in [-0.2, -0.15) is 9.50 Å². The standard InChI is InChI=1S/C18H24N6OS/c1-10(2)8-14(15-6-5-7-26-15)21-16(25)9-13-11(3)20-18-22-17(19)23-24(18)12(13)4/h5-7,10,14H,8-9H2,1-4H3,(H2,19,23)(H,21,25)/t14-/m0/s1. The van der Waals surface area contributed by atoms with Gasteiger partial charge in [-0.1, -0.05) is 19.9 Å². The zero-order valence-electron chi connectivity index (χ0n) is 15.5. The zero-order valence-corrected chi connectivity index (χ0v) is 16.3. The minimum atomic E-state index is -0.0236. The van der Waals surface area contributed by atoms with E-state index in [0.29, 0.717) is 11.7 Å². The molecular weight excluding hydrogens is 348 g/mol. The Morgan fingerprint density at radius 2 is 2.12 bits per heavy atom. The van der Waals surface area contributed by atoms with E-state index in [2.05, 4.69) is 40.3 Å². The first-order valence-corrected chi connectivity index (χ1v) is 9.54. The molecule has 0 unspecified atom stereocenters. The summed E-state index contributed by atoms with van der Waals surface area (Å²) < 4.78 is 1.59. The number of thiophene rings is 1. The number of aromatic nitrogens is 4. The minimum absolute atomic E-state index is 0.0236. The summed E-state index contributed by atoms with van der Waals surface area (Å²) in [5, 5.41) is 9.37. The molecule has 3 N–H and O–H groups in total. The van der Waals surface area contributed by atoms with E-state index in [1.54, 1.807) is 15.9 Å². The fourth-order valence-corrected chi connectivity index (χ4v) is 3.88. The van der Waals surface area contributed by atoms with Crippen molar-refractivity contribution in [3.05, 3.63) is 39.3 Å². The van der Waals surface area contributed by atoms with Gasteiger partial charge in [0.1, 0.15) is 0 Å². The summed E-state index contributed by atoms with van der Waals surface area (Å²) in [6, 6.07) is 4.11. The number of amides is 1. The summed E-state index contributed by atoms with van der Waals surface area (Å²) in [4.78, 5) is 22.4. The summed E-state index contributed by atoms with van der Waals surface area (Å²) >= 11 is 1.67. The highest BCUT2D eigenvalue weighted by molar-refractivity contribution is 7.10. The third-order valence-electron chi connectivity index (χ3n) is 4.33. The topological polar surface area (TPSA) is 98.2 Å². The molecule has 0 aliphatic heterocycles. The molecule has 0 saturated carbocycles. The van der Waals surface area contributed by atoms with Crippen LogP contribution in [0.3, 0.4) is 0 Å². The van der Waals surface area contributed by atoms with Gasteiger partial charge < -0.3 is 11.1 Å². The summed E-state index contributed by atoms with van der Waals surface area (Å²) in [7, 11) is 0. The van der Waals surface area contributed by atoms with Crippen LogP contribution in [0.2, 0.25) is 0 Å². The molecule has 0 aliphatic carbocycles. The van der Waals surface area contributed by atoms with Gasteiger partial charge in [-0.15, -0.1) is 16.4 Å². The summed E-state index contributed by atoms with van der Waals surface area (Å²) in [6.07, 6.45) is 1.15. The number of hydrogen-bond acceptors (Lipinski definition) is 6. The van der Waals surface area contributed by atoms with Crippen molar-refractivity contribution in [2.45, 2.75) is 46.6 Å². The molecule has 0 aromatic carbocycles. The average Bonchev–Trinajstić information content (AvgIpc) is 3.19. The number of carbonyl (C=O) groups is 1. The van der Waals surface area contributed by atoms with Gasteiger partial charge >= 0.3 is 0 Å². The summed E-state index contributed by atoms with van der Waals surface area (Å²) in [6.45, 7) is 8.11. The lowest BCUT2D eigenvalue weighted by atomic mass is 10.0.